The van der Waals surface area contributed by atoms with Crippen LogP contribution in [-0.4, -0.2) is 27.7 Å². The van der Waals surface area contributed by atoms with Crippen LogP contribution in [0, 0.1) is 5.82 Å². The van der Waals surface area contributed by atoms with Crippen LogP contribution in [0.5, 0.6) is 5.75 Å². The fourth-order valence-corrected chi connectivity index (χ4v) is 2.84. The lowest BCUT2D eigenvalue weighted by atomic mass is 10.1. The fraction of sp³-hybridized carbons (Fsp3) is 0.188. The first-order valence-electron chi connectivity index (χ1n) is 6.82. The Morgan fingerprint density at radius 3 is 2.58 bits per heavy atom. The maximum absolute atomic E-state index is 13.8. The van der Waals surface area contributed by atoms with E-state index >= 15 is 0 Å². The van der Waals surface area contributed by atoms with E-state index < -0.39 is 21.6 Å². The number of methoxy groups -OCH3 is 1. The second kappa shape index (κ2) is 7.19. The first-order chi connectivity index (χ1) is 11.2. The van der Waals surface area contributed by atoms with Crippen molar-refractivity contribution in [2.24, 2.45) is 0 Å². The summed E-state index contributed by atoms with van der Waals surface area (Å²) in [6.45, 7) is 0.106. The van der Waals surface area contributed by atoms with E-state index in [1.807, 2.05) is 0 Å². The Morgan fingerprint density at radius 2 is 1.96 bits per heavy atom. The standard InChI is InChI=1S/C16H15ClFNO4S/c1-23-15-7-10(3-5-13(15)17)9-19-16(20)12-8-11(24(2,21)22)4-6-14(12)18/h3-8H,9H2,1-2H3,(H,19,20). The zero-order valence-electron chi connectivity index (χ0n) is 13.0. The zero-order chi connectivity index (χ0) is 17.9. The number of hydrogen-bond donors (Lipinski definition) is 1. The average Bonchev–Trinajstić information content (AvgIpc) is 2.53. The number of ether oxygens (including phenoxy) is 1. The monoisotopic (exact) mass is 371 g/mol. The summed E-state index contributed by atoms with van der Waals surface area (Å²) in [4.78, 5) is 12.0. The van der Waals surface area contributed by atoms with E-state index in [1.54, 1.807) is 18.2 Å². The van der Waals surface area contributed by atoms with Gasteiger partial charge in [0.1, 0.15) is 11.6 Å². The lowest BCUT2D eigenvalue weighted by Crippen LogP contribution is -2.24. The summed E-state index contributed by atoms with van der Waals surface area (Å²) in [6, 6.07) is 8.04. The van der Waals surface area contributed by atoms with Crippen molar-refractivity contribution in [3.63, 3.8) is 0 Å². The van der Waals surface area contributed by atoms with E-state index in [-0.39, 0.29) is 17.0 Å². The van der Waals surface area contributed by atoms with Crippen molar-refractivity contribution in [1.29, 1.82) is 0 Å². The summed E-state index contributed by atoms with van der Waals surface area (Å²) in [7, 11) is -2.07. The largest absolute Gasteiger partial charge is 0.495 e. The van der Waals surface area contributed by atoms with Crippen molar-refractivity contribution in [2.75, 3.05) is 13.4 Å². The maximum atomic E-state index is 13.8. The lowest BCUT2D eigenvalue weighted by molar-refractivity contribution is 0.0946. The van der Waals surface area contributed by atoms with Crippen LogP contribution in [0.15, 0.2) is 41.3 Å². The number of sulfone groups is 1. The Hall–Kier alpha value is -2.12. The van der Waals surface area contributed by atoms with Gasteiger partial charge >= 0.3 is 0 Å². The highest BCUT2D eigenvalue weighted by Gasteiger charge is 2.16. The molecule has 2 rings (SSSR count). The number of rotatable bonds is 5. The van der Waals surface area contributed by atoms with Gasteiger partial charge in [-0.05, 0) is 35.9 Å². The lowest BCUT2D eigenvalue weighted by Gasteiger charge is -2.09. The van der Waals surface area contributed by atoms with Gasteiger partial charge in [-0.15, -0.1) is 0 Å². The number of nitrogens with one attached hydrogen (secondary N) is 1. The average molecular weight is 372 g/mol. The predicted molar refractivity (Wildman–Crippen MR) is 88.7 cm³/mol. The highest BCUT2D eigenvalue weighted by molar-refractivity contribution is 7.90. The summed E-state index contributed by atoms with van der Waals surface area (Å²) in [5.74, 6) is -1.06. The van der Waals surface area contributed by atoms with Gasteiger partial charge in [-0.1, -0.05) is 17.7 Å². The highest BCUT2D eigenvalue weighted by Crippen LogP contribution is 2.25. The van der Waals surface area contributed by atoms with Crippen LogP contribution in [0.25, 0.3) is 0 Å². The molecule has 0 saturated carbocycles. The molecule has 0 bridgehead atoms. The van der Waals surface area contributed by atoms with Crippen LogP contribution in [0.3, 0.4) is 0 Å². The molecule has 0 radical (unpaired) electrons. The zero-order valence-corrected chi connectivity index (χ0v) is 14.5. The smallest absolute Gasteiger partial charge is 0.254 e. The number of amides is 1. The Bertz CT molecular complexity index is 884. The third-order valence-corrected chi connectivity index (χ3v) is 4.70. The number of carbonyl (C=O) groups excluding carboxylic acids is 1. The van der Waals surface area contributed by atoms with Crippen molar-refractivity contribution in [2.45, 2.75) is 11.4 Å². The van der Waals surface area contributed by atoms with Crippen molar-refractivity contribution in [1.82, 2.24) is 5.32 Å². The molecule has 8 heteroatoms. The predicted octanol–water partition coefficient (Wildman–Crippen LogP) is 2.82. The normalized spacial score (nSPS) is 11.2. The van der Waals surface area contributed by atoms with E-state index in [0.717, 1.165) is 24.5 Å². The van der Waals surface area contributed by atoms with Gasteiger partial charge < -0.3 is 10.1 Å². The molecule has 24 heavy (non-hydrogen) atoms. The Labute approximate surface area is 144 Å². The van der Waals surface area contributed by atoms with Crippen LogP contribution in [0.4, 0.5) is 4.39 Å². The number of benzene rings is 2. The van der Waals surface area contributed by atoms with Crippen LogP contribution >= 0.6 is 11.6 Å². The van der Waals surface area contributed by atoms with E-state index in [9.17, 15) is 17.6 Å². The maximum Gasteiger partial charge on any atom is 0.254 e. The van der Waals surface area contributed by atoms with Gasteiger partial charge in [-0.25, -0.2) is 12.8 Å². The molecule has 128 valence electrons. The minimum Gasteiger partial charge on any atom is -0.495 e. The van der Waals surface area contributed by atoms with E-state index in [0.29, 0.717) is 16.3 Å². The van der Waals surface area contributed by atoms with Crippen molar-refractivity contribution in [3.8, 4) is 5.75 Å². The molecule has 0 unspecified atom stereocenters. The van der Waals surface area contributed by atoms with Crippen molar-refractivity contribution in [3.05, 3.63) is 58.4 Å². The van der Waals surface area contributed by atoms with E-state index in [4.69, 9.17) is 16.3 Å². The third-order valence-electron chi connectivity index (χ3n) is 3.28. The van der Waals surface area contributed by atoms with Gasteiger partial charge in [0.25, 0.3) is 5.91 Å². The topological polar surface area (TPSA) is 72.5 Å². The first kappa shape index (κ1) is 18.2. The molecule has 2 aromatic carbocycles. The second-order valence-corrected chi connectivity index (χ2v) is 7.49. The van der Waals surface area contributed by atoms with Crippen LogP contribution < -0.4 is 10.1 Å². The molecular formula is C16H15ClFNO4S. The minimum atomic E-state index is -3.53. The molecule has 2 aromatic rings. The van der Waals surface area contributed by atoms with Crippen molar-refractivity contribution >= 4 is 27.3 Å². The molecule has 1 amide bonds. The Morgan fingerprint density at radius 1 is 1.25 bits per heavy atom. The van der Waals surface area contributed by atoms with Gasteiger partial charge in [-0.2, -0.15) is 0 Å². The molecule has 0 heterocycles. The van der Waals surface area contributed by atoms with Crippen LogP contribution in [0.1, 0.15) is 15.9 Å². The van der Waals surface area contributed by atoms with Crippen molar-refractivity contribution < 1.29 is 22.3 Å². The molecule has 0 fully saturated rings. The molecule has 0 atom stereocenters. The van der Waals surface area contributed by atoms with Gasteiger partial charge in [0, 0.05) is 12.8 Å². The second-order valence-electron chi connectivity index (χ2n) is 5.07. The summed E-state index contributed by atoms with van der Waals surface area (Å²) in [5.41, 5.74) is 0.364. The highest BCUT2D eigenvalue weighted by atomic mass is 35.5. The molecule has 0 aromatic heterocycles. The summed E-state index contributed by atoms with van der Waals surface area (Å²) >= 11 is 5.92. The van der Waals surface area contributed by atoms with Gasteiger partial charge in [0.2, 0.25) is 0 Å². The molecule has 0 aliphatic heterocycles. The van der Waals surface area contributed by atoms with Crippen LogP contribution in [-0.2, 0) is 16.4 Å². The van der Waals surface area contributed by atoms with Crippen LogP contribution in [0.2, 0.25) is 5.02 Å². The molecule has 0 aliphatic rings. The summed E-state index contributed by atoms with van der Waals surface area (Å²) in [6.07, 6.45) is 0.988. The number of hydrogen-bond acceptors (Lipinski definition) is 4. The molecule has 0 spiro atoms. The van der Waals surface area contributed by atoms with Gasteiger partial charge in [0.15, 0.2) is 9.84 Å². The molecule has 0 saturated heterocycles. The first-order valence-corrected chi connectivity index (χ1v) is 9.09. The summed E-state index contributed by atoms with van der Waals surface area (Å²) in [5, 5.41) is 2.96. The summed E-state index contributed by atoms with van der Waals surface area (Å²) < 4.78 is 41.9. The van der Waals surface area contributed by atoms with Gasteiger partial charge in [-0.3, -0.25) is 4.79 Å². The quantitative estimate of drug-likeness (QED) is 0.820. The molecule has 1 N–H and O–H groups in total. The molecule has 5 nitrogen and oxygen atoms in total. The molecular weight excluding hydrogens is 357 g/mol. The van der Waals surface area contributed by atoms with E-state index in [1.165, 1.54) is 7.11 Å². The minimum absolute atomic E-state index is 0.106. The Kier molecular flexibility index (Phi) is 5.46. The molecule has 0 aliphatic carbocycles. The number of halogens is 2. The number of carbonyl (C=O) groups is 1. The van der Waals surface area contributed by atoms with Gasteiger partial charge in [0.05, 0.1) is 22.6 Å². The third kappa shape index (κ3) is 4.24. The Balaban J connectivity index is 2.18. The van der Waals surface area contributed by atoms with E-state index in [2.05, 4.69) is 5.32 Å². The SMILES string of the molecule is COc1cc(CNC(=O)c2cc(S(C)(=O)=O)ccc2F)ccc1Cl. The fourth-order valence-electron chi connectivity index (χ4n) is 2.00.